The molecule has 1 saturated carbocycles. The van der Waals surface area contributed by atoms with Gasteiger partial charge in [-0.05, 0) is 43.4 Å². The molecule has 0 heterocycles. The molecule has 140 valence electrons. The van der Waals surface area contributed by atoms with Crippen molar-refractivity contribution in [3.8, 4) is 5.75 Å². The Hall–Kier alpha value is -1.79. The molecule has 2 rings (SSSR count). The molecule has 1 aliphatic rings. The number of nitrogens with zero attached hydrogens (tertiary/aromatic N) is 2. The van der Waals surface area contributed by atoms with Gasteiger partial charge in [-0.2, -0.15) is 0 Å². The van der Waals surface area contributed by atoms with E-state index in [2.05, 4.69) is 10.3 Å². The third-order valence-electron chi connectivity index (χ3n) is 4.23. The molecule has 1 aromatic rings. The molecule has 6 nitrogen and oxygen atoms in total. The van der Waals surface area contributed by atoms with Gasteiger partial charge >= 0.3 is 0 Å². The molecule has 0 amide bonds. The summed E-state index contributed by atoms with van der Waals surface area (Å²) >= 11 is 0. The van der Waals surface area contributed by atoms with Gasteiger partial charge in [-0.3, -0.25) is 4.99 Å². The molecular formula is C19H31N3O3. The number of aliphatic hydroxyl groups is 1. The van der Waals surface area contributed by atoms with Gasteiger partial charge in [0.25, 0.3) is 0 Å². The molecule has 0 aliphatic heterocycles. The molecular weight excluding hydrogens is 318 g/mol. The number of hydrogen-bond donors (Lipinski definition) is 2. The summed E-state index contributed by atoms with van der Waals surface area (Å²) in [4.78, 5) is 6.59. The number of ether oxygens (including phenoxy) is 2. The molecule has 1 unspecified atom stereocenters. The van der Waals surface area contributed by atoms with E-state index >= 15 is 0 Å². The quantitative estimate of drug-likeness (QED) is 0.384. The normalized spacial score (nSPS) is 15.8. The van der Waals surface area contributed by atoms with Gasteiger partial charge in [0.2, 0.25) is 0 Å². The van der Waals surface area contributed by atoms with E-state index in [0.717, 1.165) is 42.9 Å². The Kier molecular flexibility index (Phi) is 8.01. The van der Waals surface area contributed by atoms with Crippen molar-refractivity contribution in [3.05, 3.63) is 29.8 Å². The average Bonchev–Trinajstić information content (AvgIpc) is 3.46. The Balaban J connectivity index is 1.83. The standard InChI is InChI=1S/C19H31N3O3/c1-4-20-19(22(2)11-12-25-14-15-5-6-15)21-13-18(23)16-7-9-17(24-3)10-8-16/h7-10,15,18,23H,4-6,11-14H2,1-3H3,(H,20,21). The summed E-state index contributed by atoms with van der Waals surface area (Å²) in [6.45, 7) is 5.47. The third kappa shape index (κ3) is 6.92. The minimum atomic E-state index is -0.640. The van der Waals surface area contributed by atoms with Crippen LogP contribution in [0.3, 0.4) is 0 Å². The molecule has 0 spiro atoms. The molecule has 0 saturated heterocycles. The SMILES string of the molecule is CCNC(=NCC(O)c1ccc(OC)cc1)N(C)CCOCC1CC1. The third-order valence-corrected chi connectivity index (χ3v) is 4.23. The van der Waals surface area contributed by atoms with Gasteiger partial charge in [0.15, 0.2) is 5.96 Å². The second kappa shape index (κ2) is 10.3. The lowest BCUT2D eigenvalue weighted by molar-refractivity contribution is 0.115. The topological polar surface area (TPSA) is 66.3 Å². The molecule has 25 heavy (non-hydrogen) atoms. The number of hydrogen-bond acceptors (Lipinski definition) is 4. The summed E-state index contributed by atoms with van der Waals surface area (Å²) in [6.07, 6.45) is 1.98. The first kappa shape index (κ1) is 19.5. The maximum Gasteiger partial charge on any atom is 0.193 e. The van der Waals surface area contributed by atoms with Crippen LogP contribution >= 0.6 is 0 Å². The van der Waals surface area contributed by atoms with E-state index in [1.165, 1.54) is 12.8 Å². The first-order chi connectivity index (χ1) is 12.1. The van der Waals surface area contributed by atoms with Gasteiger partial charge in [-0.15, -0.1) is 0 Å². The van der Waals surface area contributed by atoms with Crippen molar-refractivity contribution in [3.63, 3.8) is 0 Å². The van der Waals surface area contributed by atoms with Gasteiger partial charge < -0.3 is 24.8 Å². The lowest BCUT2D eigenvalue weighted by Gasteiger charge is -2.22. The van der Waals surface area contributed by atoms with Crippen molar-refractivity contribution >= 4 is 5.96 Å². The van der Waals surface area contributed by atoms with Crippen LogP contribution in [0.2, 0.25) is 0 Å². The Labute approximate surface area is 150 Å². The summed E-state index contributed by atoms with van der Waals surface area (Å²) in [6, 6.07) is 7.41. The lowest BCUT2D eigenvalue weighted by Crippen LogP contribution is -2.40. The molecule has 1 fully saturated rings. The van der Waals surface area contributed by atoms with Gasteiger partial charge in [-0.1, -0.05) is 12.1 Å². The summed E-state index contributed by atoms with van der Waals surface area (Å²) in [7, 11) is 3.62. The van der Waals surface area contributed by atoms with Crippen LogP contribution < -0.4 is 10.1 Å². The smallest absolute Gasteiger partial charge is 0.193 e. The number of benzene rings is 1. The monoisotopic (exact) mass is 349 g/mol. The predicted molar refractivity (Wildman–Crippen MR) is 100 cm³/mol. The molecule has 6 heteroatoms. The zero-order valence-electron chi connectivity index (χ0n) is 15.6. The van der Waals surface area contributed by atoms with Crippen LogP contribution in [0.1, 0.15) is 31.4 Å². The van der Waals surface area contributed by atoms with E-state index in [4.69, 9.17) is 9.47 Å². The summed E-state index contributed by atoms with van der Waals surface area (Å²) < 4.78 is 10.8. The fraction of sp³-hybridized carbons (Fsp3) is 0.632. The highest BCUT2D eigenvalue weighted by Gasteiger charge is 2.21. The summed E-state index contributed by atoms with van der Waals surface area (Å²) in [5, 5.41) is 13.6. The minimum absolute atomic E-state index is 0.307. The average molecular weight is 349 g/mol. The second-order valence-electron chi connectivity index (χ2n) is 6.42. The fourth-order valence-corrected chi connectivity index (χ4v) is 2.42. The van der Waals surface area contributed by atoms with E-state index < -0.39 is 6.10 Å². The molecule has 0 aromatic heterocycles. The van der Waals surface area contributed by atoms with E-state index in [0.29, 0.717) is 13.2 Å². The predicted octanol–water partition coefficient (Wildman–Crippen LogP) is 2.05. The summed E-state index contributed by atoms with van der Waals surface area (Å²) in [5.74, 6) is 2.34. The van der Waals surface area contributed by atoms with E-state index in [1.807, 2.05) is 43.1 Å². The maximum absolute atomic E-state index is 10.3. The molecule has 0 bridgehead atoms. The second-order valence-corrected chi connectivity index (χ2v) is 6.42. The number of aliphatic imine (C=N–C) groups is 1. The number of nitrogens with one attached hydrogen (secondary N) is 1. The Morgan fingerprint density at radius 1 is 1.36 bits per heavy atom. The Morgan fingerprint density at radius 3 is 2.68 bits per heavy atom. The van der Waals surface area contributed by atoms with Crippen LogP contribution in [-0.2, 0) is 4.74 Å². The van der Waals surface area contributed by atoms with Crippen molar-refractivity contribution in [2.24, 2.45) is 10.9 Å². The number of methoxy groups -OCH3 is 1. The van der Waals surface area contributed by atoms with Crippen molar-refractivity contribution < 1.29 is 14.6 Å². The van der Waals surface area contributed by atoms with Crippen LogP contribution in [-0.4, -0.2) is 63.0 Å². The highest BCUT2D eigenvalue weighted by atomic mass is 16.5. The molecule has 1 aromatic carbocycles. The van der Waals surface area contributed by atoms with Crippen LogP contribution in [0.15, 0.2) is 29.3 Å². The van der Waals surface area contributed by atoms with Crippen LogP contribution in [0.4, 0.5) is 0 Å². The zero-order chi connectivity index (χ0) is 18.1. The Morgan fingerprint density at radius 2 is 2.08 bits per heavy atom. The first-order valence-electron chi connectivity index (χ1n) is 9.03. The number of likely N-dealkylation sites (N-methyl/N-ethyl adjacent to an activating group) is 1. The highest BCUT2D eigenvalue weighted by Crippen LogP contribution is 2.28. The fourth-order valence-electron chi connectivity index (χ4n) is 2.42. The molecule has 1 atom stereocenters. The van der Waals surface area contributed by atoms with Gasteiger partial charge in [0, 0.05) is 26.7 Å². The highest BCUT2D eigenvalue weighted by molar-refractivity contribution is 5.79. The molecule has 0 radical (unpaired) electrons. The van der Waals surface area contributed by atoms with E-state index in [9.17, 15) is 5.11 Å². The first-order valence-corrected chi connectivity index (χ1v) is 9.03. The lowest BCUT2D eigenvalue weighted by atomic mass is 10.1. The molecule has 1 aliphatic carbocycles. The van der Waals surface area contributed by atoms with Crippen LogP contribution in [0.5, 0.6) is 5.75 Å². The van der Waals surface area contributed by atoms with Crippen molar-refractivity contribution in [1.29, 1.82) is 0 Å². The maximum atomic E-state index is 10.3. The zero-order valence-corrected chi connectivity index (χ0v) is 15.6. The number of aliphatic hydroxyl groups excluding tert-OH is 1. The van der Waals surface area contributed by atoms with Gasteiger partial charge in [0.1, 0.15) is 5.75 Å². The summed E-state index contributed by atoms with van der Waals surface area (Å²) in [5.41, 5.74) is 0.829. The number of guanidine groups is 1. The largest absolute Gasteiger partial charge is 0.497 e. The van der Waals surface area contributed by atoms with Crippen molar-refractivity contribution in [1.82, 2.24) is 10.2 Å². The Bertz CT molecular complexity index is 529. The van der Waals surface area contributed by atoms with Crippen LogP contribution in [0, 0.1) is 5.92 Å². The van der Waals surface area contributed by atoms with Crippen molar-refractivity contribution in [2.75, 3.05) is 47.0 Å². The molecule has 2 N–H and O–H groups in total. The van der Waals surface area contributed by atoms with Crippen molar-refractivity contribution in [2.45, 2.75) is 25.9 Å². The van der Waals surface area contributed by atoms with Crippen LogP contribution in [0.25, 0.3) is 0 Å². The minimum Gasteiger partial charge on any atom is -0.497 e. The number of rotatable bonds is 10. The van der Waals surface area contributed by atoms with E-state index in [-0.39, 0.29) is 0 Å². The van der Waals surface area contributed by atoms with Gasteiger partial charge in [0.05, 0.1) is 26.4 Å². The van der Waals surface area contributed by atoms with E-state index in [1.54, 1.807) is 7.11 Å². The van der Waals surface area contributed by atoms with Gasteiger partial charge in [-0.25, -0.2) is 0 Å².